The molecule has 0 spiro atoms. The molecule has 1 aliphatic heterocycles. The van der Waals surface area contributed by atoms with Crippen LogP contribution in [-0.4, -0.2) is 20.9 Å². The number of rotatable bonds is 5. The van der Waals surface area contributed by atoms with Crippen molar-refractivity contribution in [1.29, 1.82) is 0 Å². The Morgan fingerprint density at radius 3 is 2.65 bits per heavy atom. The molecule has 0 fully saturated rings. The quantitative estimate of drug-likeness (QED) is 0.867. The summed E-state index contributed by atoms with van der Waals surface area (Å²) < 4.78 is 41.2. The number of aryl methyl sites for hydroxylation is 2. The van der Waals surface area contributed by atoms with E-state index in [0.717, 1.165) is 23.7 Å². The van der Waals surface area contributed by atoms with Crippen LogP contribution in [0.3, 0.4) is 0 Å². The van der Waals surface area contributed by atoms with Crippen LogP contribution in [0, 0.1) is 12.7 Å². The van der Waals surface area contributed by atoms with Crippen LogP contribution in [0.15, 0.2) is 41.3 Å². The van der Waals surface area contributed by atoms with Gasteiger partial charge in [-0.05, 0) is 61.2 Å². The monoisotopic (exact) mass is 376 g/mol. The van der Waals surface area contributed by atoms with Crippen molar-refractivity contribution in [3.63, 3.8) is 0 Å². The van der Waals surface area contributed by atoms with Crippen LogP contribution < -0.4 is 9.62 Å². The second kappa shape index (κ2) is 7.07. The minimum atomic E-state index is -3.90. The van der Waals surface area contributed by atoms with E-state index < -0.39 is 15.8 Å². The third-order valence-electron chi connectivity index (χ3n) is 4.42. The molecule has 138 valence electrons. The van der Waals surface area contributed by atoms with E-state index in [0.29, 0.717) is 30.6 Å². The second-order valence-corrected chi connectivity index (χ2v) is 8.06. The van der Waals surface area contributed by atoms with Crippen molar-refractivity contribution >= 4 is 27.3 Å². The lowest BCUT2D eigenvalue weighted by molar-refractivity contribution is -0.118. The van der Waals surface area contributed by atoms with Gasteiger partial charge in [0.15, 0.2) is 0 Å². The summed E-state index contributed by atoms with van der Waals surface area (Å²) in [5.41, 5.74) is 2.62. The van der Waals surface area contributed by atoms with E-state index >= 15 is 0 Å². The van der Waals surface area contributed by atoms with E-state index in [9.17, 15) is 17.6 Å². The van der Waals surface area contributed by atoms with Crippen molar-refractivity contribution in [1.82, 2.24) is 0 Å². The first-order valence-corrected chi connectivity index (χ1v) is 10.0. The highest BCUT2D eigenvalue weighted by atomic mass is 32.2. The molecule has 0 atom stereocenters. The maximum absolute atomic E-state index is 13.5. The van der Waals surface area contributed by atoms with Gasteiger partial charge in [0.05, 0.1) is 4.90 Å². The molecule has 0 bridgehead atoms. The average molecular weight is 376 g/mol. The standard InChI is InChI=1S/C19H21FN2O3S/c1-3-10-22-17-8-7-16(11-14(17)5-9-19(22)23)21-26(24,25)18-12-15(20)6-4-13(18)2/h4,6-8,11-12,21H,3,5,9-10H2,1-2H3. The van der Waals surface area contributed by atoms with Crippen LogP contribution in [0.5, 0.6) is 0 Å². The fraction of sp³-hybridized carbons (Fsp3) is 0.316. The Morgan fingerprint density at radius 2 is 1.92 bits per heavy atom. The minimum absolute atomic E-state index is 0.0852. The number of hydrogen-bond acceptors (Lipinski definition) is 3. The van der Waals surface area contributed by atoms with Gasteiger partial charge in [-0.2, -0.15) is 0 Å². The SMILES string of the molecule is CCCN1C(=O)CCc2cc(NS(=O)(=O)c3cc(F)ccc3C)ccc21. The fourth-order valence-corrected chi connectivity index (χ4v) is 4.47. The Balaban J connectivity index is 1.92. The highest BCUT2D eigenvalue weighted by Crippen LogP contribution is 2.31. The van der Waals surface area contributed by atoms with Crippen LogP contribution in [0.25, 0.3) is 0 Å². The summed E-state index contributed by atoms with van der Waals surface area (Å²) in [6.07, 6.45) is 1.83. The van der Waals surface area contributed by atoms with Gasteiger partial charge in [0, 0.05) is 24.3 Å². The number of halogens is 1. The third-order valence-corrected chi connectivity index (χ3v) is 5.94. The third kappa shape index (κ3) is 3.58. The Morgan fingerprint density at radius 1 is 1.15 bits per heavy atom. The number of amides is 1. The maximum atomic E-state index is 13.5. The molecule has 26 heavy (non-hydrogen) atoms. The zero-order chi connectivity index (χ0) is 18.9. The number of hydrogen-bond donors (Lipinski definition) is 1. The summed E-state index contributed by atoms with van der Waals surface area (Å²) in [5.74, 6) is -0.516. The van der Waals surface area contributed by atoms with Gasteiger partial charge in [-0.3, -0.25) is 9.52 Å². The summed E-state index contributed by atoms with van der Waals surface area (Å²) >= 11 is 0. The first-order valence-electron chi connectivity index (χ1n) is 8.54. The Labute approximate surface area is 152 Å². The van der Waals surface area contributed by atoms with E-state index in [-0.39, 0.29) is 10.8 Å². The highest BCUT2D eigenvalue weighted by Gasteiger charge is 2.24. The number of nitrogens with one attached hydrogen (secondary N) is 1. The van der Waals surface area contributed by atoms with Gasteiger partial charge in [-0.15, -0.1) is 0 Å². The lowest BCUT2D eigenvalue weighted by Crippen LogP contribution is -2.35. The molecule has 0 saturated carbocycles. The van der Waals surface area contributed by atoms with Gasteiger partial charge in [-0.25, -0.2) is 12.8 Å². The molecule has 2 aromatic carbocycles. The van der Waals surface area contributed by atoms with Crippen molar-refractivity contribution in [3.05, 3.63) is 53.3 Å². The molecule has 0 aromatic heterocycles. The summed E-state index contributed by atoms with van der Waals surface area (Å²) in [7, 11) is -3.90. The fourth-order valence-electron chi connectivity index (χ4n) is 3.17. The zero-order valence-electron chi connectivity index (χ0n) is 14.8. The molecular formula is C19H21FN2O3S. The van der Waals surface area contributed by atoms with Crippen LogP contribution in [0.2, 0.25) is 0 Å². The maximum Gasteiger partial charge on any atom is 0.262 e. The van der Waals surface area contributed by atoms with Crippen LogP contribution in [0.4, 0.5) is 15.8 Å². The van der Waals surface area contributed by atoms with Gasteiger partial charge in [0.25, 0.3) is 10.0 Å². The topological polar surface area (TPSA) is 66.5 Å². The van der Waals surface area contributed by atoms with Crippen molar-refractivity contribution in [2.75, 3.05) is 16.2 Å². The van der Waals surface area contributed by atoms with Crippen molar-refractivity contribution < 1.29 is 17.6 Å². The van der Waals surface area contributed by atoms with E-state index in [1.165, 1.54) is 12.1 Å². The Hall–Kier alpha value is -2.41. The molecule has 1 aliphatic rings. The molecule has 1 amide bonds. The molecule has 1 N–H and O–H groups in total. The number of nitrogens with zero attached hydrogens (tertiary/aromatic N) is 1. The lowest BCUT2D eigenvalue weighted by atomic mass is 10.0. The molecule has 5 nitrogen and oxygen atoms in total. The van der Waals surface area contributed by atoms with Gasteiger partial charge in [0.2, 0.25) is 5.91 Å². The number of anilines is 2. The first kappa shape index (κ1) is 18.4. The largest absolute Gasteiger partial charge is 0.312 e. The summed E-state index contributed by atoms with van der Waals surface area (Å²) in [6.45, 7) is 4.26. The van der Waals surface area contributed by atoms with Crippen LogP contribution in [-0.2, 0) is 21.2 Å². The molecule has 3 rings (SSSR count). The molecular weight excluding hydrogens is 355 g/mol. The number of fused-ring (bicyclic) bond motifs is 1. The van der Waals surface area contributed by atoms with Crippen molar-refractivity contribution in [3.8, 4) is 0 Å². The Bertz CT molecular complexity index is 957. The zero-order valence-corrected chi connectivity index (χ0v) is 15.6. The first-order chi connectivity index (χ1) is 12.3. The van der Waals surface area contributed by atoms with Crippen LogP contribution in [0.1, 0.15) is 30.9 Å². The van der Waals surface area contributed by atoms with Crippen molar-refractivity contribution in [2.45, 2.75) is 38.0 Å². The molecule has 0 radical (unpaired) electrons. The van der Waals surface area contributed by atoms with Gasteiger partial charge in [-0.1, -0.05) is 13.0 Å². The summed E-state index contributed by atoms with van der Waals surface area (Å²) in [5, 5.41) is 0. The smallest absolute Gasteiger partial charge is 0.262 e. The summed E-state index contributed by atoms with van der Waals surface area (Å²) in [6, 6.07) is 8.82. The molecule has 2 aromatic rings. The van der Waals surface area contributed by atoms with Gasteiger partial charge >= 0.3 is 0 Å². The molecule has 0 unspecified atom stereocenters. The highest BCUT2D eigenvalue weighted by molar-refractivity contribution is 7.92. The average Bonchev–Trinajstić information content (AvgIpc) is 2.59. The number of benzene rings is 2. The summed E-state index contributed by atoms with van der Waals surface area (Å²) in [4.78, 5) is 13.8. The van der Waals surface area contributed by atoms with E-state index in [1.54, 1.807) is 30.0 Å². The van der Waals surface area contributed by atoms with Gasteiger partial charge in [0.1, 0.15) is 5.82 Å². The van der Waals surface area contributed by atoms with Crippen LogP contribution >= 0.6 is 0 Å². The van der Waals surface area contributed by atoms with E-state index in [4.69, 9.17) is 0 Å². The normalized spacial score (nSPS) is 14.3. The molecule has 0 aliphatic carbocycles. The predicted molar refractivity (Wildman–Crippen MR) is 99.4 cm³/mol. The lowest BCUT2D eigenvalue weighted by Gasteiger charge is -2.29. The molecule has 1 heterocycles. The Kier molecular flexibility index (Phi) is 5.00. The van der Waals surface area contributed by atoms with E-state index in [1.807, 2.05) is 6.92 Å². The van der Waals surface area contributed by atoms with Crippen molar-refractivity contribution in [2.24, 2.45) is 0 Å². The number of sulfonamides is 1. The van der Waals surface area contributed by atoms with Gasteiger partial charge < -0.3 is 4.90 Å². The van der Waals surface area contributed by atoms with E-state index in [2.05, 4.69) is 4.72 Å². The minimum Gasteiger partial charge on any atom is -0.312 e. The predicted octanol–water partition coefficient (Wildman–Crippen LogP) is 3.62. The molecule has 7 heteroatoms. The molecule has 0 saturated heterocycles. The second-order valence-electron chi connectivity index (χ2n) is 6.40. The number of carbonyl (C=O) groups is 1. The number of carbonyl (C=O) groups excluding carboxylic acids is 1.